The molecule has 7 heteroatoms. The Kier molecular flexibility index (Phi) is 9.43. The summed E-state index contributed by atoms with van der Waals surface area (Å²) in [5.41, 5.74) is 2.24. The first-order valence-electron chi connectivity index (χ1n) is 13.3. The fourth-order valence-electron chi connectivity index (χ4n) is 5.04. The van der Waals surface area contributed by atoms with Crippen molar-refractivity contribution in [3.63, 3.8) is 0 Å². The van der Waals surface area contributed by atoms with Crippen LogP contribution in [0.4, 0.5) is 10.1 Å². The van der Waals surface area contributed by atoms with E-state index in [1.807, 2.05) is 65.8 Å². The summed E-state index contributed by atoms with van der Waals surface area (Å²) in [6.07, 6.45) is 0. The van der Waals surface area contributed by atoms with Gasteiger partial charge in [-0.3, -0.25) is 4.79 Å². The minimum absolute atomic E-state index is 0.0844. The van der Waals surface area contributed by atoms with Crippen LogP contribution in [-0.2, 0) is 12.0 Å². The van der Waals surface area contributed by atoms with Crippen molar-refractivity contribution in [2.75, 3.05) is 7.11 Å². The van der Waals surface area contributed by atoms with Crippen molar-refractivity contribution in [3.05, 3.63) is 92.5 Å². The van der Waals surface area contributed by atoms with Gasteiger partial charge in [0.05, 0.1) is 12.7 Å². The molecule has 0 fully saturated rings. The van der Waals surface area contributed by atoms with Gasteiger partial charge in [-0.15, -0.1) is 0 Å². The summed E-state index contributed by atoms with van der Waals surface area (Å²) in [5.74, 6) is 0.00708. The van der Waals surface area contributed by atoms with Crippen LogP contribution in [0.25, 0.3) is 0 Å². The lowest BCUT2D eigenvalue weighted by molar-refractivity contribution is 0.0178. The number of aryl methyl sites for hydroxylation is 1. The summed E-state index contributed by atoms with van der Waals surface area (Å²) in [5, 5.41) is 3.62. The van der Waals surface area contributed by atoms with Crippen LogP contribution in [0.2, 0.25) is 10.0 Å². The van der Waals surface area contributed by atoms with E-state index in [0.717, 1.165) is 16.8 Å². The van der Waals surface area contributed by atoms with Gasteiger partial charge in [-0.25, -0.2) is 9.38 Å². The van der Waals surface area contributed by atoms with Gasteiger partial charge < -0.3 is 10.1 Å². The van der Waals surface area contributed by atoms with Gasteiger partial charge in [0.15, 0.2) is 5.75 Å². The molecule has 3 aromatic rings. The summed E-state index contributed by atoms with van der Waals surface area (Å²) in [6.45, 7) is 15.1. The Labute approximate surface area is 248 Å². The third-order valence-corrected chi connectivity index (χ3v) is 8.71. The maximum Gasteiger partial charge on any atom is 0.255 e. The van der Waals surface area contributed by atoms with Crippen LogP contribution in [0, 0.1) is 12.3 Å². The summed E-state index contributed by atoms with van der Waals surface area (Å²) in [7, 11) is 1.51. The molecule has 1 unspecified atom stereocenters. The molecule has 0 radical (unpaired) electrons. The predicted octanol–water partition coefficient (Wildman–Crippen LogP) is 9.43. The molecule has 0 bridgehead atoms. The van der Waals surface area contributed by atoms with E-state index in [1.54, 1.807) is 44.2 Å². The zero-order valence-corrected chi connectivity index (χ0v) is 26.3. The van der Waals surface area contributed by atoms with Gasteiger partial charge in [-0.05, 0) is 68.5 Å². The van der Waals surface area contributed by atoms with Crippen LogP contribution >= 0.6 is 23.2 Å². The van der Waals surface area contributed by atoms with E-state index in [-0.39, 0.29) is 12.5 Å². The van der Waals surface area contributed by atoms with Gasteiger partial charge in [-0.2, -0.15) is 0 Å². The average Bonchev–Trinajstić information content (AvgIpc) is 2.86. The van der Waals surface area contributed by atoms with Crippen LogP contribution in [0.3, 0.4) is 0 Å². The Balaban J connectivity index is 1.89. The van der Waals surface area contributed by atoms with Crippen molar-refractivity contribution in [2.24, 2.45) is 10.4 Å². The molecular formula is C33H39Cl2FN2O2. The second kappa shape index (κ2) is 11.9. The first-order valence-corrected chi connectivity index (χ1v) is 14.0. The van der Waals surface area contributed by atoms with Crippen molar-refractivity contribution in [2.45, 2.75) is 73.0 Å². The Bertz CT molecular complexity index is 1380. The van der Waals surface area contributed by atoms with E-state index >= 15 is 4.39 Å². The SMILES string of the molecule is COc1c(N=C(C)c2ccc(C)cc2)cccc1C(=O)NCc1c(Cl)cc(C(C)(C(C)(C)C)C(C)(C)F)cc1Cl. The molecule has 4 nitrogen and oxygen atoms in total. The zero-order valence-electron chi connectivity index (χ0n) is 24.8. The summed E-state index contributed by atoms with van der Waals surface area (Å²) >= 11 is 13.4. The number of ether oxygens (including phenoxy) is 1. The molecule has 3 rings (SSSR count). The monoisotopic (exact) mass is 584 g/mol. The highest BCUT2D eigenvalue weighted by Gasteiger charge is 2.51. The molecule has 0 aliphatic carbocycles. The molecule has 1 N–H and O–H groups in total. The van der Waals surface area contributed by atoms with Gasteiger partial charge in [0, 0.05) is 33.3 Å². The summed E-state index contributed by atoms with van der Waals surface area (Å²) in [4.78, 5) is 18.0. The fraction of sp³-hybridized carbons (Fsp3) is 0.394. The molecule has 0 aromatic heterocycles. The molecule has 0 saturated heterocycles. The lowest BCUT2D eigenvalue weighted by Gasteiger charge is -2.49. The lowest BCUT2D eigenvalue weighted by atomic mass is 9.57. The number of alkyl halides is 1. The van der Waals surface area contributed by atoms with Crippen molar-refractivity contribution >= 4 is 40.5 Å². The molecule has 40 heavy (non-hydrogen) atoms. The van der Waals surface area contributed by atoms with Crippen LogP contribution < -0.4 is 10.1 Å². The normalized spacial score (nSPS) is 14.1. The number of carbonyl (C=O) groups is 1. The van der Waals surface area contributed by atoms with Crippen LogP contribution in [-0.4, -0.2) is 24.4 Å². The maximum atomic E-state index is 15.6. The molecule has 214 valence electrons. The number of hydrogen-bond acceptors (Lipinski definition) is 3. The summed E-state index contributed by atoms with van der Waals surface area (Å²) in [6, 6.07) is 16.8. The van der Waals surface area contributed by atoms with Crippen LogP contribution in [0.5, 0.6) is 5.75 Å². The van der Waals surface area contributed by atoms with E-state index in [4.69, 9.17) is 32.9 Å². The standard InChI is InChI=1S/C33H39Cl2FN2O2/c1-20-13-15-22(16-14-20)21(2)38-28-12-10-11-24(29(28)40-9)30(39)37-19-25-26(34)17-23(18-27(25)35)33(8,31(3,4)5)32(6,7)36/h10-18H,19H2,1-9H3,(H,37,39). The van der Waals surface area contributed by atoms with Gasteiger partial charge in [-0.1, -0.05) is 86.8 Å². The quantitative estimate of drug-likeness (QED) is 0.268. The highest BCUT2D eigenvalue weighted by molar-refractivity contribution is 6.36. The van der Waals surface area contributed by atoms with E-state index in [9.17, 15) is 4.79 Å². The molecule has 0 aliphatic heterocycles. The molecule has 0 saturated carbocycles. The number of para-hydroxylation sites is 1. The third-order valence-electron chi connectivity index (χ3n) is 8.03. The first kappa shape index (κ1) is 31.6. The second-order valence-corrected chi connectivity index (χ2v) is 12.7. The zero-order chi connectivity index (χ0) is 30.0. The molecule has 0 aliphatic rings. The largest absolute Gasteiger partial charge is 0.494 e. The van der Waals surface area contributed by atoms with Gasteiger partial charge in [0.25, 0.3) is 5.91 Å². The smallest absolute Gasteiger partial charge is 0.255 e. The number of nitrogens with zero attached hydrogens (tertiary/aromatic N) is 1. The molecule has 1 atom stereocenters. The molecule has 0 spiro atoms. The molecule has 1 amide bonds. The third kappa shape index (κ3) is 6.37. The topological polar surface area (TPSA) is 50.7 Å². The minimum atomic E-state index is -1.55. The van der Waals surface area contributed by atoms with Crippen LogP contribution in [0.1, 0.15) is 81.1 Å². The maximum absolute atomic E-state index is 15.6. The van der Waals surface area contributed by atoms with E-state index in [0.29, 0.717) is 38.2 Å². The number of halogens is 3. The van der Waals surface area contributed by atoms with Crippen molar-refractivity contribution in [3.8, 4) is 5.75 Å². The van der Waals surface area contributed by atoms with E-state index in [1.165, 1.54) is 7.11 Å². The predicted molar refractivity (Wildman–Crippen MR) is 166 cm³/mol. The molecular weight excluding hydrogens is 546 g/mol. The fourth-order valence-corrected chi connectivity index (χ4v) is 5.66. The number of carbonyl (C=O) groups excluding carboxylic acids is 1. The van der Waals surface area contributed by atoms with E-state index < -0.39 is 16.5 Å². The number of rotatable bonds is 8. The molecule has 3 aromatic carbocycles. The van der Waals surface area contributed by atoms with Crippen LogP contribution in [0.15, 0.2) is 59.6 Å². The van der Waals surface area contributed by atoms with Gasteiger partial charge in [0.2, 0.25) is 0 Å². The number of aliphatic imine (C=N–C) groups is 1. The first-order chi connectivity index (χ1) is 18.5. The second-order valence-electron chi connectivity index (χ2n) is 11.9. The van der Waals surface area contributed by atoms with Crippen molar-refractivity contribution in [1.29, 1.82) is 0 Å². The number of hydrogen-bond donors (Lipinski definition) is 1. The highest BCUT2D eigenvalue weighted by Crippen LogP contribution is 2.51. The summed E-state index contributed by atoms with van der Waals surface area (Å²) < 4.78 is 21.2. The lowest BCUT2D eigenvalue weighted by Crippen LogP contribution is -2.51. The average molecular weight is 586 g/mol. The Morgan fingerprint density at radius 1 is 0.975 bits per heavy atom. The van der Waals surface area contributed by atoms with E-state index in [2.05, 4.69) is 5.32 Å². The Morgan fingerprint density at radius 3 is 2.05 bits per heavy atom. The van der Waals surface area contributed by atoms with Gasteiger partial charge in [0.1, 0.15) is 11.4 Å². The van der Waals surface area contributed by atoms with Crippen molar-refractivity contribution < 1.29 is 13.9 Å². The Hall–Kier alpha value is -2.89. The Morgan fingerprint density at radius 2 is 1.55 bits per heavy atom. The van der Waals surface area contributed by atoms with Crippen molar-refractivity contribution in [1.82, 2.24) is 5.32 Å². The number of benzene rings is 3. The highest BCUT2D eigenvalue weighted by atomic mass is 35.5. The number of amides is 1. The van der Waals surface area contributed by atoms with Gasteiger partial charge >= 0.3 is 0 Å². The molecule has 0 heterocycles. The minimum Gasteiger partial charge on any atom is -0.494 e. The number of nitrogens with one attached hydrogen (secondary N) is 1. The number of methoxy groups -OCH3 is 1.